The smallest absolute Gasteiger partial charge is 0.236 e. The van der Waals surface area contributed by atoms with Gasteiger partial charge >= 0.3 is 0 Å². The van der Waals surface area contributed by atoms with Crippen LogP contribution in [0.5, 0.6) is 0 Å². The summed E-state index contributed by atoms with van der Waals surface area (Å²) in [5.74, 6) is -0.834. The van der Waals surface area contributed by atoms with Crippen LogP contribution in [0.4, 0.5) is 5.69 Å². The van der Waals surface area contributed by atoms with Crippen LogP contribution < -0.4 is 11.5 Å². The van der Waals surface area contributed by atoms with E-state index in [-0.39, 0.29) is 11.3 Å². The zero-order chi connectivity index (χ0) is 12.3. The molecular weight excluding hydrogens is 228 g/mol. The number of rotatable bonds is 4. The van der Waals surface area contributed by atoms with Crippen LogP contribution in [-0.4, -0.2) is 19.6 Å². The van der Waals surface area contributed by atoms with E-state index in [4.69, 9.17) is 11.5 Å². The van der Waals surface area contributed by atoms with Crippen LogP contribution >= 0.6 is 0 Å². The van der Waals surface area contributed by atoms with E-state index >= 15 is 0 Å². The quantitative estimate of drug-likeness (QED) is 0.741. The first kappa shape index (κ1) is 12.5. The van der Waals surface area contributed by atoms with Gasteiger partial charge in [0.05, 0.1) is 4.90 Å². The van der Waals surface area contributed by atoms with Crippen molar-refractivity contribution in [2.24, 2.45) is 5.73 Å². The third-order valence-electron chi connectivity index (χ3n) is 2.27. The molecular formula is C10H14N2O3S. The van der Waals surface area contributed by atoms with E-state index in [2.05, 4.69) is 0 Å². The number of nitrogen functional groups attached to an aromatic ring is 1. The number of benzene rings is 1. The average Bonchev–Trinajstić information content (AvgIpc) is 2.18. The highest BCUT2D eigenvalue weighted by atomic mass is 32.2. The number of hydrogen-bond acceptors (Lipinski definition) is 4. The Hall–Kier alpha value is -1.56. The third kappa shape index (κ3) is 2.33. The van der Waals surface area contributed by atoms with Crippen molar-refractivity contribution in [2.45, 2.75) is 23.5 Å². The van der Waals surface area contributed by atoms with Gasteiger partial charge in [-0.2, -0.15) is 0 Å². The second kappa shape index (κ2) is 4.52. The highest BCUT2D eigenvalue weighted by Crippen LogP contribution is 2.19. The minimum Gasteiger partial charge on any atom is -0.399 e. The van der Waals surface area contributed by atoms with Crippen molar-refractivity contribution in [1.29, 1.82) is 0 Å². The summed E-state index contributed by atoms with van der Waals surface area (Å²) in [5.41, 5.74) is 11.0. The SMILES string of the molecule is CCC(C(N)=O)S(=O)(=O)c1ccc(N)cc1. The van der Waals surface area contributed by atoms with Crippen LogP contribution in [0.1, 0.15) is 13.3 Å². The van der Waals surface area contributed by atoms with Gasteiger partial charge < -0.3 is 11.5 Å². The van der Waals surface area contributed by atoms with E-state index < -0.39 is 21.0 Å². The maximum Gasteiger partial charge on any atom is 0.236 e. The van der Waals surface area contributed by atoms with Crippen molar-refractivity contribution < 1.29 is 13.2 Å². The summed E-state index contributed by atoms with van der Waals surface area (Å²) >= 11 is 0. The number of primary amides is 1. The Balaban J connectivity index is 3.20. The van der Waals surface area contributed by atoms with Crippen LogP contribution in [-0.2, 0) is 14.6 Å². The largest absolute Gasteiger partial charge is 0.399 e. The van der Waals surface area contributed by atoms with E-state index in [0.717, 1.165) is 0 Å². The van der Waals surface area contributed by atoms with Gasteiger partial charge in [0.15, 0.2) is 9.84 Å². The Morgan fingerprint density at radius 3 is 2.19 bits per heavy atom. The topological polar surface area (TPSA) is 103 Å². The number of carbonyl (C=O) groups is 1. The van der Waals surface area contributed by atoms with Gasteiger partial charge in [-0.25, -0.2) is 8.42 Å². The molecule has 5 nitrogen and oxygen atoms in total. The van der Waals surface area contributed by atoms with E-state index in [9.17, 15) is 13.2 Å². The van der Waals surface area contributed by atoms with E-state index in [1.54, 1.807) is 6.92 Å². The van der Waals surface area contributed by atoms with Gasteiger partial charge in [-0.15, -0.1) is 0 Å². The summed E-state index contributed by atoms with van der Waals surface area (Å²) in [4.78, 5) is 11.1. The molecule has 0 heterocycles. The first-order valence-electron chi connectivity index (χ1n) is 4.78. The van der Waals surface area contributed by atoms with Crippen molar-refractivity contribution in [2.75, 3.05) is 5.73 Å². The Bertz CT molecular complexity index is 479. The van der Waals surface area contributed by atoms with Gasteiger partial charge in [0.2, 0.25) is 5.91 Å². The summed E-state index contributed by atoms with van der Waals surface area (Å²) < 4.78 is 23.9. The van der Waals surface area contributed by atoms with Crippen LogP contribution in [0, 0.1) is 0 Å². The standard InChI is InChI=1S/C10H14N2O3S/c1-2-9(10(12)13)16(14,15)8-5-3-7(11)4-6-8/h3-6,9H,2,11H2,1H3,(H2,12,13). The lowest BCUT2D eigenvalue weighted by atomic mass is 10.3. The Labute approximate surface area is 94.4 Å². The highest BCUT2D eigenvalue weighted by Gasteiger charge is 2.30. The number of nitrogens with two attached hydrogens (primary N) is 2. The molecule has 88 valence electrons. The molecule has 16 heavy (non-hydrogen) atoms. The lowest BCUT2D eigenvalue weighted by molar-refractivity contribution is -0.117. The monoisotopic (exact) mass is 242 g/mol. The van der Waals surface area contributed by atoms with Crippen molar-refractivity contribution >= 4 is 21.4 Å². The molecule has 1 atom stereocenters. The van der Waals surface area contributed by atoms with Gasteiger partial charge in [-0.3, -0.25) is 4.79 Å². The molecule has 1 rings (SSSR count). The Kier molecular flexibility index (Phi) is 3.54. The van der Waals surface area contributed by atoms with Crippen molar-refractivity contribution in [3.05, 3.63) is 24.3 Å². The van der Waals surface area contributed by atoms with Crippen LogP contribution in [0.2, 0.25) is 0 Å². The summed E-state index contributed by atoms with van der Waals surface area (Å²) in [6, 6.07) is 5.69. The zero-order valence-corrected chi connectivity index (χ0v) is 9.70. The fourth-order valence-electron chi connectivity index (χ4n) is 1.40. The van der Waals surface area contributed by atoms with Crippen molar-refractivity contribution in [3.8, 4) is 0 Å². The summed E-state index contributed by atoms with van der Waals surface area (Å²) in [7, 11) is -3.70. The second-order valence-corrected chi connectivity index (χ2v) is 5.54. The molecule has 6 heteroatoms. The maximum atomic E-state index is 12.0. The molecule has 0 radical (unpaired) electrons. The molecule has 0 aromatic heterocycles. The summed E-state index contributed by atoms with van der Waals surface area (Å²) in [5, 5.41) is -1.18. The van der Waals surface area contributed by atoms with Crippen molar-refractivity contribution in [3.63, 3.8) is 0 Å². The molecule has 0 fully saturated rings. The minimum atomic E-state index is -3.70. The predicted octanol–water partition coefficient (Wildman–Crippen LogP) is 0.306. The average molecular weight is 242 g/mol. The lowest BCUT2D eigenvalue weighted by Crippen LogP contribution is -2.35. The zero-order valence-electron chi connectivity index (χ0n) is 8.88. The molecule has 1 aromatic rings. The van der Waals surface area contributed by atoms with E-state index in [0.29, 0.717) is 5.69 Å². The third-order valence-corrected chi connectivity index (χ3v) is 4.52. The molecule has 1 unspecified atom stereocenters. The number of sulfone groups is 1. The number of hydrogen-bond donors (Lipinski definition) is 2. The normalized spacial score (nSPS) is 13.3. The molecule has 1 aromatic carbocycles. The van der Waals surface area contributed by atoms with Gasteiger partial charge in [0.25, 0.3) is 0 Å². The molecule has 0 bridgehead atoms. The molecule has 0 saturated heterocycles. The number of amides is 1. The maximum absolute atomic E-state index is 12.0. The summed E-state index contributed by atoms with van der Waals surface area (Å²) in [6.07, 6.45) is 0.155. The molecule has 0 aliphatic carbocycles. The molecule has 1 amide bonds. The number of anilines is 1. The second-order valence-electron chi connectivity index (χ2n) is 3.41. The molecule has 0 spiro atoms. The van der Waals surface area contributed by atoms with Crippen LogP contribution in [0.15, 0.2) is 29.2 Å². The number of carbonyl (C=O) groups excluding carboxylic acids is 1. The molecule has 0 aliphatic rings. The first-order chi connectivity index (χ1) is 7.39. The van der Waals surface area contributed by atoms with Crippen molar-refractivity contribution in [1.82, 2.24) is 0 Å². The predicted molar refractivity (Wildman–Crippen MR) is 61.3 cm³/mol. The van der Waals surface area contributed by atoms with Gasteiger partial charge in [-0.1, -0.05) is 6.92 Å². The fourth-order valence-corrected chi connectivity index (χ4v) is 2.98. The Morgan fingerprint density at radius 2 is 1.81 bits per heavy atom. The highest BCUT2D eigenvalue weighted by molar-refractivity contribution is 7.92. The molecule has 0 aliphatic heterocycles. The first-order valence-corrected chi connectivity index (χ1v) is 6.33. The van der Waals surface area contributed by atoms with Gasteiger partial charge in [-0.05, 0) is 30.7 Å². The summed E-state index contributed by atoms with van der Waals surface area (Å²) in [6.45, 7) is 1.60. The lowest BCUT2D eigenvalue weighted by Gasteiger charge is -2.12. The van der Waals surface area contributed by atoms with E-state index in [1.807, 2.05) is 0 Å². The fraction of sp³-hybridized carbons (Fsp3) is 0.300. The molecule has 4 N–H and O–H groups in total. The minimum absolute atomic E-state index is 0.0624. The Morgan fingerprint density at radius 1 is 1.31 bits per heavy atom. The molecule has 0 saturated carbocycles. The van der Waals surface area contributed by atoms with Crippen LogP contribution in [0.25, 0.3) is 0 Å². The van der Waals surface area contributed by atoms with E-state index in [1.165, 1.54) is 24.3 Å². The van der Waals surface area contributed by atoms with Gasteiger partial charge in [0.1, 0.15) is 5.25 Å². The van der Waals surface area contributed by atoms with Gasteiger partial charge in [0, 0.05) is 5.69 Å². The van der Waals surface area contributed by atoms with Crippen LogP contribution in [0.3, 0.4) is 0 Å².